The van der Waals surface area contributed by atoms with Crippen LogP contribution in [0.15, 0.2) is 12.4 Å². The van der Waals surface area contributed by atoms with Gasteiger partial charge in [0.1, 0.15) is 22.8 Å². The number of alkyl halides is 1. The Labute approximate surface area is 168 Å². The van der Waals surface area contributed by atoms with Crippen LogP contribution >= 0.6 is 11.6 Å². The fraction of sp³-hybridized carbons (Fsp3) is 0.579. The lowest BCUT2D eigenvalue weighted by molar-refractivity contribution is 0.0457. The summed E-state index contributed by atoms with van der Waals surface area (Å²) in [6, 6.07) is 2.20. The maximum atomic E-state index is 14.8. The molecule has 0 radical (unpaired) electrons. The topological polar surface area (TPSA) is 88.7 Å². The Kier molecular flexibility index (Phi) is 5.75. The van der Waals surface area contributed by atoms with E-state index in [1.54, 1.807) is 24.7 Å². The van der Waals surface area contributed by atoms with E-state index < -0.39 is 11.2 Å². The molecule has 0 bridgehead atoms. The van der Waals surface area contributed by atoms with Crippen LogP contribution in [-0.4, -0.2) is 32.0 Å². The molecule has 28 heavy (non-hydrogen) atoms. The Hall–Kier alpha value is -2.40. The number of hydrogen-bond acceptors (Lipinski definition) is 6. The Morgan fingerprint density at radius 3 is 2.79 bits per heavy atom. The highest BCUT2D eigenvalue weighted by molar-refractivity contribution is 6.31. The van der Waals surface area contributed by atoms with Crippen molar-refractivity contribution in [1.82, 2.24) is 19.7 Å². The zero-order valence-electron chi connectivity index (χ0n) is 16.3. The molecule has 3 rings (SSSR count). The van der Waals surface area contributed by atoms with E-state index in [9.17, 15) is 9.65 Å². The van der Waals surface area contributed by atoms with Gasteiger partial charge < -0.3 is 10.1 Å². The van der Waals surface area contributed by atoms with Gasteiger partial charge in [0.15, 0.2) is 0 Å². The molecule has 1 fully saturated rings. The lowest BCUT2D eigenvalue weighted by Crippen LogP contribution is -2.33. The highest BCUT2D eigenvalue weighted by atomic mass is 35.5. The summed E-state index contributed by atoms with van der Waals surface area (Å²) >= 11 is 6.12. The third-order valence-electron chi connectivity index (χ3n) is 4.92. The minimum absolute atomic E-state index is 0.0729. The molecule has 7 nitrogen and oxygen atoms in total. The van der Waals surface area contributed by atoms with Crippen molar-refractivity contribution in [3.8, 4) is 11.9 Å². The maximum absolute atomic E-state index is 14.8. The Morgan fingerprint density at radius 1 is 1.39 bits per heavy atom. The zero-order valence-corrected chi connectivity index (χ0v) is 17.1. The van der Waals surface area contributed by atoms with E-state index in [1.165, 1.54) is 6.20 Å². The summed E-state index contributed by atoms with van der Waals surface area (Å²) in [5.41, 5.74) is -0.768. The summed E-state index contributed by atoms with van der Waals surface area (Å²) in [4.78, 5) is 8.42. The van der Waals surface area contributed by atoms with Gasteiger partial charge in [-0.15, -0.1) is 0 Å². The fourth-order valence-corrected chi connectivity index (χ4v) is 3.23. The van der Waals surface area contributed by atoms with Crippen LogP contribution < -0.4 is 10.1 Å². The molecule has 1 aliphatic rings. The normalized spacial score (nSPS) is 16.4. The van der Waals surface area contributed by atoms with Crippen LogP contribution in [0.5, 0.6) is 5.88 Å². The first-order valence-corrected chi connectivity index (χ1v) is 9.69. The molecule has 0 aliphatic heterocycles. The molecule has 1 aliphatic carbocycles. The van der Waals surface area contributed by atoms with E-state index in [4.69, 9.17) is 16.3 Å². The van der Waals surface area contributed by atoms with Crippen LogP contribution in [0.3, 0.4) is 0 Å². The van der Waals surface area contributed by atoms with Crippen LogP contribution in [0.1, 0.15) is 51.6 Å². The van der Waals surface area contributed by atoms with Gasteiger partial charge in [-0.2, -0.15) is 15.3 Å². The average Bonchev–Trinajstić information content (AvgIpc) is 3.04. The number of ether oxygens (including phenoxy) is 1. The molecule has 0 unspecified atom stereocenters. The standard InChI is InChI=1S/C19H24ClFN6O/c1-13-15(10-27(26-13)18(2,3)11-22)24-17-23-9-14(20)16(25-17)28-12-19(21)7-5-4-6-8-19/h9-10H,4-8,12H2,1-3H3,(H,23,24,25). The van der Waals surface area contributed by atoms with Crippen molar-refractivity contribution >= 4 is 23.2 Å². The summed E-state index contributed by atoms with van der Waals surface area (Å²) in [5.74, 6) is 0.400. The number of nitrogens with one attached hydrogen (secondary N) is 1. The van der Waals surface area contributed by atoms with Crippen molar-refractivity contribution in [2.24, 2.45) is 0 Å². The summed E-state index contributed by atoms with van der Waals surface area (Å²) < 4.78 is 22.0. The maximum Gasteiger partial charge on any atom is 0.237 e. The van der Waals surface area contributed by atoms with Gasteiger partial charge in [-0.3, -0.25) is 4.68 Å². The Balaban J connectivity index is 1.74. The van der Waals surface area contributed by atoms with Crippen molar-refractivity contribution in [1.29, 1.82) is 5.26 Å². The quantitative estimate of drug-likeness (QED) is 0.748. The molecule has 0 atom stereocenters. The van der Waals surface area contributed by atoms with Gasteiger partial charge in [0, 0.05) is 0 Å². The predicted molar refractivity (Wildman–Crippen MR) is 105 cm³/mol. The van der Waals surface area contributed by atoms with Crippen molar-refractivity contribution in [2.45, 2.75) is 64.1 Å². The van der Waals surface area contributed by atoms with Gasteiger partial charge >= 0.3 is 0 Å². The van der Waals surface area contributed by atoms with Crippen LogP contribution in [0, 0.1) is 18.3 Å². The second-order valence-electron chi connectivity index (χ2n) is 7.72. The first kappa shape index (κ1) is 20.3. The van der Waals surface area contributed by atoms with Gasteiger partial charge in [-0.25, -0.2) is 9.37 Å². The molecule has 0 aromatic carbocycles. The van der Waals surface area contributed by atoms with E-state index in [0.717, 1.165) is 19.3 Å². The number of anilines is 2. The molecule has 0 spiro atoms. The minimum atomic E-state index is -1.33. The Morgan fingerprint density at radius 2 is 2.11 bits per heavy atom. The summed E-state index contributed by atoms with van der Waals surface area (Å²) in [6.07, 6.45) is 6.91. The number of halogens is 2. The first-order valence-electron chi connectivity index (χ1n) is 9.32. The van der Waals surface area contributed by atoms with E-state index in [1.807, 2.05) is 6.92 Å². The van der Waals surface area contributed by atoms with Gasteiger partial charge in [0.2, 0.25) is 11.8 Å². The van der Waals surface area contributed by atoms with Crippen LogP contribution in [0.4, 0.5) is 16.0 Å². The third kappa shape index (κ3) is 4.53. The largest absolute Gasteiger partial charge is 0.473 e. The number of nitrogens with zero attached hydrogens (tertiary/aromatic N) is 5. The second-order valence-corrected chi connectivity index (χ2v) is 8.12. The number of nitriles is 1. The molecule has 1 saturated carbocycles. The summed E-state index contributed by atoms with van der Waals surface area (Å²) in [5, 5.41) is 16.9. The average molecular weight is 407 g/mol. The molecule has 2 heterocycles. The molecule has 0 amide bonds. The summed E-state index contributed by atoms with van der Waals surface area (Å²) in [6.45, 7) is 5.28. The molecular weight excluding hydrogens is 383 g/mol. The molecular formula is C19H24ClFN6O. The highest BCUT2D eigenvalue weighted by Gasteiger charge is 2.33. The highest BCUT2D eigenvalue weighted by Crippen LogP contribution is 2.33. The molecule has 0 saturated heterocycles. The van der Waals surface area contributed by atoms with Crippen molar-refractivity contribution in [3.63, 3.8) is 0 Å². The number of aromatic nitrogens is 4. The van der Waals surface area contributed by atoms with Crippen molar-refractivity contribution in [2.75, 3.05) is 11.9 Å². The van der Waals surface area contributed by atoms with Crippen LogP contribution in [0.25, 0.3) is 0 Å². The monoisotopic (exact) mass is 406 g/mol. The molecule has 9 heteroatoms. The number of rotatable bonds is 6. The second kappa shape index (κ2) is 7.92. The van der Waals surface area contributed by atoms with E-state index >= 15 is 0 Å². The van der Waals surface area contributed by atoms with E-state index in [2.05, 4.69) is 26.5 Å². The Bertz CT molecular complexity index is 885. The minimum Gasteiger partial charge on any atom is -0.473 e. The number of hydrogen-bond donors (Lipinski definition) is 1. The van der Waals surface area contributed by atoms with Gasteiger partial charge in [-0.05, 0) is 33.6 Å². The van der Waals surface area contributed by atoms with E-state index in [-0.39, 0.29) is 23.5 Å². The molecule has 2 aromatic heterocycles. The van der Waals surface area contributed by atoms with Gasteiger partial charge in [0.25, 0.3) is 0 Å². The predicted octanol–water partition coefficient (Wildman–Crippen LogP) is 4.69. The molecule has 2 aromatic rings. The lowest BCUT2D eigenvalue weighted by atomic mass is 9.87. The van der Waals surface area contributed by atoms with Gasteiger partial charge in [-0.1, -0.05) is 30.9 Å². The fourth-order valence-electron chi connectivity index (χ4n) is 3.08. The smallest absolute Gasteiger partial charge is 0.237 e. The van der Waals surface area contributed by atoms with Crippen molar-refractivity contribution in [3.05, 3.63) is 23.1 Å². The molecule has 150 valence electrons. The zero-order chi connectivity index (χ0) is 20.4. The first-order chi connectivity index (χ1) is 13.2. The van der Waals surface area contributed by atoms with Crippen LogP contribution in [-0.2, 0) is 5.54 Å². The number of aryl methyl sites for hydroxylation is 1. The summed E-state index contributed by atoms with van der Waals surface area (Å²) in [7, 11) is 0. The third-order valence-corrected chi connectivity index (χ3v) is 5.18. The lowest BCUT2D eigenvalue weighted by Gasteiger charge is -2.29. The van der Waals surface area contributed by atoms with Gasteiger partial charge in [0.05, 0.1) is 29.8 Å². The van der Waals surface area contributed by atoms with Crippen LogP contribution in [0.2, 0.25) is 5.02 Å². The molecule has 1 N–H and O–H groups in total. The SMILES string of the molecule is Cc1nn(C(C)(C)C#N)cc1Nc1ncc(Cl)c(OCC2(F)CCCCC2)n1. The van der Waals surface area contributed by atoms with Crippen molar-refractivity contribution < 1.29 is 9.13 Å². The van der Waals surface area contributed by atoms with E-state index in [0.29, 0.717) is 24.2 Å².